The molecule has 0 aromatic carbocycles. The first-order chi connectivity index (χ1) is 7.98. The van der Waals surface area contributed by atoms with Gasteiger partial charge in [0.1, 0.15) is 18.1 Å². The maximum absolute atomic E-state index is 12.3. The van der Waals surface area contributed by atoms with Gasteiger partial charge in [-0.2, -0.15) is 13.2 Å². The van der Waals surface area contributed by atoms with Crippen LogP contribution < -0.4 is 5.32 Å². The number of rotatable bonds is 4. The van der Waals surface area contributed by atoms with E-state index in [0.29, 0.717) is 18.3 Å². The van der Waals surface area contributed by atoms with Gasteiger partial charge in [-0.1, -0.05) is 0 Å². The Morgan fingerprint density at radius 2 is 2.06 bits per heavy atom. The van der Waals surface area contributed by atoms with E-state index in [0.717, 1.165) is 18.5 Å². The predicted octanol–water partition coefficient (Wildman–Crippen LogP) is 2.89. The Hall–Kier alpha value is -1.33. The van der Waals surface area contributed by atoms with Crippen molar-refractivity contribution in [3.63, 3.8) is 0 Å². The molecule has 0 saturated heterocycles. The van der Waals surface area contributed by atoms with Crippen LogP contribution in [0.4, 0.5) is 19.0 Å². The van der Waals surface area contributed by atoms with Crippen LogP contribution in [0.5, 0.6) is 0 Å². The molecule has 0 radical (unpaired) electrons. The number of hydrogen-bond donors (Lipinski definition) is 1. The Labute approximate surface area is 97.5 Å². The number of nitrogens with one attached hydrogen (secondary N) is 1. The number of aromatic nitrogens is 2. The molecule has 1 fully saturated rings. The second-order valence-corrected chi connectivity index (χ2v) is 4.19. The molecule has 0 unspecified atom stereocenters. The number of hydrogen-bond acceptors (Lipinski definition) is 3. The zero-order valence-corrected chi connectivity index (χ0v) is 9.51. The number of nitrogens with zero attached hydrogens (tertiary/aromatic N) is 2. The molecule has 2 rings (SSSR count). The lowest BCUT2D eigenvalue weighted by Crippen LogP contribution is -2.16. The molecule has 94 valence electrons. The fourth-order valence-electron chi connectivity index (χ4n) is 1.64. The molecule has 0 bridgehead atoms. The first kappa shape index (κ1) is 12.1. The lowest BCUT2D eigenvalue weighted by Gasteiger charge is -2.10. The summed E-state index contributed by atoms with van der Waals surface area (Å²) >= 11 is 0. The molecule has 0 aliphatic heterocycles. The van der Waals surface area contributed by atoms with E-state index in [2.05, 4.69) is 15.3 Å². The molecule has 1 N–H and O–H groups in total. The second kappa shape index (κ2) is 4.50. The molecule has 0 amide bonds. The van der Waals surface area contributed by atoms with Crippen LogP contribution in [0.1, 0.15) is 37.2 Å². The maximum Gasteiger partial charge on any atom is 0.396 e. The molecule has 1 saturated carbocycles. The molecule has 1 aliphatic rings. The van der Waals surface area contributed by atoms with Crippen molar-refractivity contribution in [2.75, 3.05) is 11.9 Å². The van der Waals surface area contributed by atoms with E-state index in [1.165, 1.54) is 0 Å². The third kappa shape index (κ3) is 3.57. The summed E-state index contributed by atoms with van der Waals surface area (Å²) in [5.74, 6) is 0.670. The van der Waals surface area contributed by atoms with Gasteiger partial charge in [0.05, 0.1) is 0 Å². The van der Waals surface area contributed by atoms with Crippen molar-refractivity contribution in [2.24, 2.45) is 0 Å². The van der Waals surface area contributed by atoms with Gasteiger partial charge >= 0.3 is 6.18 Å². The molecule has 1 aromatic heterocycles. The Morgan fingerprint density at radius 3 is 2.59 bits per heavy atom. The number of anilines is 1. The maximum atomic E-state index is 12.3. The summed E-state index contributed by atoms with van der Waals surface area (Å²) in [6, 6.07) is 1.75. The fraction of sp³-hybridized carbons (Fsp3) is 0.636. The highest BCUT2D eigenvalue weighted by Crippen LogP contribution is 2.39. The van der Waals surface area contributed by atoms with Gasteiger partial charge in [-0.3, -0.25) is 0 Å². The summed E-state index contributed by atoms with van der Waals surface area (Å²) in [5, 5.41) is 2.94. The summed E-state index contributed by atoms with van der Waals surface area (Å²) < 4.78 is 36.9. The lowest BCUT2D eigenvalue weighted by atomic mass is 10.2. The van der Waals surface area contributed by atoms with E-state index < -0.39 is 12.6 Å². The predicted molar refractivity (Wildman–Crippen MR) is 57.9 cm³/mol. The zero-order valence-electron chi connectivity index (χ0n) is 9.51. The topological polar surface area (TPSA) is 37.8 Å². The zero-order chi connectivity index (χ0) is 12.5. The highest BCUT2D eigenvalue weighted by Gasteiger charge is 2.31. The molecular weight excluding hydrogens is 231 g/mol. The summed E-state index contributed by atoms with van der Waals surface area (Å²) in [7, 11) is 0. The van der Waals surface area contributed by atoms with Crippen LogP contribution in [0.25, 0.3) is 0 Å². The molecule has 3 nitrogen and oxygen atoms in total. The minimum absolute atomic E-state index is 0.141. The van der Waals surface area contributed by atoms with Crippen molar-refractivity contribution in [3.05, 3.63) is 17.6 Å². The van der Waals surface area contributed by atoms with Crippen LogP contribution in [0.15, 0.2) is 6.07 Å². The molecule has 1 aliphatic carbocycles. The summed E-state index contributed by atoms with van der Waals surface area (Å²) in [5.41, 5.74) is 0.732. The van der Waals surface area contributed by atoms with E-state index in [1.54, 1.807) is 6.07 Å². The Kier molecular flexibility index (Phi) is 3.22. The monoisotopic (exact) mass is 245 g/mol. The standard InChI is InChI=1S/C11H14F3N3/c1-2-15-9-5-8(7-3-4-7)16-10(17-9)6-11(12,13)14/h5,7H,2-4,6H2,1H3,(H,15,16,17). The smallest absolute Gasteiger partial charge is 0.370 e. The van der Waals surface area contributed by atoms with Crippen molar-refractivity contribution in [2.45, 2.75) is 38.3 Å². The lowest BCUT2D eigenvalue weighted by molar-refractivity contribution is -0.128. The van der Waals surface area contributed by atoms with Crippen molar-refractivity contribution in [3.8, 4) is 0 Å². The first-order valence-corrected chi connectivity index (χ1v) is 5.66. The van der Waals surface area contributed by atoms with Crippen LogP contribution in [0.2, 0.25) is 0 Å². The van der Waals surface area contributed by atoms with Crippen molar-refractivity contribution in [1.29, 1.82) is 0 Å². The largest absolute Gasteiger partial charge is 0.396 e. The second-order valence-electron chi connectivity index (χ2n) is 4.19. The normalized spacial score (nSPS) is 16.0. The average Bonchev–Trinajstić information content (AvgIpc) is 2.97. The third-order valence-electron chi connectivity index (χ3n) is 2.50. The molecule has 1 aromatic rings. The molecule has 1 heterocycles. The SMILES string of the molecule is CCNc1cc(C2CC2)nc(CC(F)(F)F)n1. The third-order valence-corrected chi connectivity index (χ3v) is 2.50. The van der Waals surface area contributed by atoms with Crippen LogP contribution in [0.3, 0.4) is 0 Å². The van der Waals surface area contributed by atoms with Gasteiger partial charge in [0.15, 0.2) is 0 Å². The highest BCUT2D eigenvalue weighted by atomic mass is 19.4. The van der Waals surface area contributed by atoms with Crippen LogP contribution in [-0.2, 0) is 6.42 Å². The average molecular weight is 245 g/mol. The van der Waals surface area contributed by atoms with E-state index in [-0.39, 0.29) is 5.82 Å². The highest BCUT2D eigenvalue weighted by molar-refractivity contribution is 5.38. The van der Waals surface area contributed by atoms with Gasteiger partial charge in [0.2, 0.25) is 0 Å². The first-order valence-electron chi connectivity index (χ1n) is 5.66. The number of halogens is 3. The van der Waals surface area contributed by atoms with Gasteiger partial charge in [0.25, 0.3) is 0 Å². The van der Waals surface area contributed by atoms with Crippen molar-refractivity contribution < 1.29 is 13.2 Å². The summed E-state index contributed by atoms with van der Waals surface area (Å²) in [6.07, 6.45) is -3.31. The molecule has 0 atom stereocenters. The number of alkyl halides is 3. The minimum atomic E-state index is -4.26. The Balaban J connectivity index is 2.23. The van der Waals surface area contributed by atoms with Gasteiger partial charge in [-0.15, -0.1) is 0 Å². The summed E-state index contributed by atoms with van der Waals surface area (Å²) in [6.45, 7) is 2.51. The van der Waals surface area contributed by atoms with Crippen LogP contribution in [0, 0.1) is 0 Å². The Morgan fingerprint density at radius 1 is 1.35 bits per heavy atom. The van der Waals surface area contributed by atoms with Gasteiger partial charge in [0, 0.05) is 24.2 Å². The molecule has 6 heteroatoms. The molecule has 17 heavy (non-hydrogen) atoms. The van der Waals surface area contributed by atoms with Gasteiger partial charge < -0.3 is 5.32 Å². The van der Waals surface area contributed by atoms with Crippen molar-refractivity contribution in [1.82, 2.24) is 9.97 Å². The van der Waals surface area contributed by atoms with E-state index in [1.807, 2.05) is 6.92 Å². The van der Waals surface area contributed by atoms with E-state index >= 15 is 0 Å². The Bertz CT molecular complexity index is 399. The van der Waals surface area contributed by atoms with Gasteiger partial charge in [-0.05, 0) is 19.8 Å². The van der Waals surface area contributed by atoms with E-state index in [4.69, 9.17) is 0 Å². The van der Waals surface area contributed by atoms with Crippen LogP contribution in [-0.4, -0.2) is 22.7 Å². The van der Waals surface area contributed by atoms with E-state index in [9.17, 15) is 13.2 Å². The van der Waals surface area contributed by atoms with Gasteiger partial charge in [-0.25, -0.2) is 9.97 Å². The van der Waals surface area contributed by atoms with Crippen LogP contribution >= 0.6 is 0 Å². The molecule has 0 spiro atoms. The molecular formula is C11H14F3N3. The van der Waals surface area contributed by atoms with Crippen molar-refractivity contribution >= 4 is 5.82 Å². The quantitative estimate of drug-likeness (QED) is 0.886. The fourth-order valence-corrected chi connectivity index (χ4v) is 1.64. The minimum Gasteiger partial charge on any atom is -0.370 e. The summed E-state index contributed by atoms with van der Waals surface area (Å²) in [4.78, 5) is 7.87.